The molecule has 32 heavy (non-hydrogen) atoms. The second-order valence-corrected chi connectivity index (χ2v) is 7.72. The van der Waals surface area contributed by atoms with Crippen LogP contribution in [0, 0.1) is 0 Å². The Labute approximate surface area is 183 Å². The SMILES string of the molecule is COc1cccc([C@@H]2CC(=O)N(c3ccccc3C(F)(F)F)C3=C2C(=O)CCC3)c1OC. The molecule has 0 radical (unpaired) electrons. The number of hydrogen-bond donors (Lipinski definition) is 0. The van der Waals surface area contributed by atoms with Gasteiger partial charge in [-0.3, -0.25) is 14.5 Å². The number of nitrogens with zero attached hydrogens (tertiary/aromatic N) is 1. The Morgan fingerprint density at radius 2 is 1.72 bits per heavy atom. The maximum Gasteiger partial charge on any atom is 0.418 e. The van der Waals surface area contributed by atoms with Gasteiger partial charge in [0.05, 0.1) is 25.5 Å². The number of benzene rings is 2. The van der Waals surface area contributed by atoms with Crippen LogP contribution in [-0.2, 0) is 15.8 Å². The zero-order chi connectivity index (χ0) is 23.0. The highest BCUT2D eigenvalue weighted by atomic mass is 19.4. The smallest absolute Gasteiger partial charge is 0.418 e. The van der Waals surface area contributed by atoms with Crippen LogP contribution in [-0.4, -0.2) is 25.9 Å². The number of halogens is 3. The van der Waals surface area contributed by atoms with Gasteiger partial charge in [0.2, 0.25) is 5.91 Å². The average Bonchev–Trinajstić information content (AvgIpc) is 2.77. The Hall–Kier alpha value is -3.29. The molecule has 2 aliphatic rings. The predicted octanol–water partition coefficient (Wildman–Crippen LogP) is 5.25. The highest BCUT2D eigenvalue weighted by molar-refractivity contribution is 6.08. The van der Waals surface area contributed by atoms with E-state index in [1.165, 1.54) is 32.4 Å². The molecule has 2 aromatic rings. The molecule has 5 nitrogen and oxygen atoms in total. The van der Waals surface area contributed by atoms with Crippen molar-refractivity contribution in [2.24, 2.45) is 0 Å². The highest BCUT2D eigenvalue weighted by Gasteiger charge is 2.43. The van der Waals surface area contributed by atoms with Gasteiger partial charge in [0.1, 0.15) is 0 Å². The number of anilines is 1. The molecule has 0 fully saturated rings. The second kappa shape index (κ2) is 8.33. The van der Waals surface area contributed by atoms with Crippen molar-refractivity contribution in [1.82, 2.24) is 0 Å². The molecule has 168 valence electrons. The molecule has 0 saturated carbocycles. The molecule has 8 heteroatoms. The van der Waals surface area contributed by atoms with Crippen LogP contribution >= 0.6 is 0 Å². The van der Waals surface area contributed by atoms with Crippen molar-refractivity contribution < 1.29 is 32.2 Å². The van der Waals surface area contributed by atoms with E-state index in [0.717, 1.165) is 11.0 Å². The Morgan fingerprint density at radius 3 is 2.41 bits per heavy atom. The maximum absolute atomic E-state index is 13.7. The van der Waals surface area contributed by atoms with E-state index in [-0.39, 0.29) is 24.3 Å². The van der Waals surface area contributed by atoms with Crippen molar-refractivity contribution in [3.05, 3.63) is 64.9 Å². The number of alkyl halides is 3. The topological polar surface area (TPSA) is 55.8 Å². The minimum absolute atomic E-state index is 0.152. The summed E-state index contributed by atoms with van der Waals surface area (Å²) < 4.78 is 52.0. The van der Waals surface area contributed by atoms with Crippen LogP contribution < -0.4 is 14.4 Å². The second-order valence-electron chi connectivity index (χ2n) is 7.72. The summed E-state index contributed by atoms with van der Waals surface area (Å²) in [5.74, 6) is -0.423. The van der Waals surface area contributed by atoms with Crippen LogP contribution in [0.5, 0.6) is 11.5 Å². The van der Waals surface area contributed by atoms with Crippen molar-refractivity contribution in [3.8, 4) is 11.5 Å². The van der Waals surface area contributed by atoms with Crippen molar-refractivity contribution in [3.63, 3.8) is 0 Å². The molecular formula is C24H22F3NO4. The molecule has 0 N–H and O–H groups in total. The number of ketones is 1. The third-order valence-electron chi connectivity index (χ3n) is 5.93. The first-order valence-electron chi connectivity index (χ1n) is 10.2. The summed E-state index contributed by atoms with van der Waals surface area (Å²) >= 11 is 0. The molecule has 0 bridgehead atoms. The highest BCUT2D eigenvalue weighted by Crippen LogP contribution is 2.49. The van der Waals surface area contributed by atoms with Gasteiger partial charge in [0.15, 0.2) is 17.3 Å². The van der Waals surface area contributed by atoms with E-state index in [0.29, 0.717) is 41.2 Å². The Kier molecular flexibility index (Phi) is 5.71. The molecule has 0 saturated heterocycles. The molecule has 0 aromatic heterocycles. The number of carbonyl (C=O) groups is 2. The summed E-state index contributed by atoms with van der Waals surface area (Å²) in [4.78, 5) is 27.5. The minimum atomic E-state index is -4.64. The summed E-state index contributed by atoms with van der Waals surface area (Å²) in [6.07, 6.45) is -3.70. The van der Waals surface area contributed by atoms with Crippen LogP contribution in [0.25, 0.3) is 0 Å². The van der Waals surface area contributed by atoms with E-state index < -0.39 is 23.6 Å². The van der Waals surface area contributed by atoms with Gasteiger partial charge < -0.3 is 9.47 Å². The summed E-state index contributed by atoms with van der Waals surface area (Å²) in [5, 5.41) is 0. The van der Waals surface area contributed by atoms with E-state index in [1.807, 2.05) is 0 Å². The number of carbonyl (C=O) groups excluding carboxylic acids is 2. The lowest BCUT2D eigenvalue weighted by Crippen LogP contribution is -2.41. The van der Waals surface area contributed by atoms with Crippen LogP contribution in [0.1, 0.15) is 42.7 Å². The van der Waals surface area contributed by atoms with E-state index in [2.05, 4.69) is 0 Å². The number of hydrogen-bond acceptors (Lipinski definition) is 4. The van der Waals surface area contributed by atoms with Gasteiger partial charge in [-0.2, -0.15) is 13.2 Å². The van der Waals surface area contributed by atoms with E-state index in [1.54, 1.807) is 18.2 Å². The lowest BCUT2D eigenvalue weighted by molar-refractivity contribution is -0.137. The van der Waals surface area contributed by atoms with Gasteiger partial charge in [0.25, 0.3) is 0 Å². The summed E-state index contributed by atoms with van der Waals surface area (Å²) in [5.41, 5.74) is 0.161. The molecule has 1 amide bonds. The molecule has 1 aliphatic heterocycles. The lowest BCUT2D eigenvalue weighted by atomic mass is 9.76. The van der Waals surface area contributed by atoms with Crippen molar-refractivity contribution in [1.29, 1.82) is 0 Å². The number of rotatable bonds is 4. The third-order valence-corrected chi connectivity index (χ3v) is 5.93. The van der Waals surface area contributed by atoms with E-state index in [4.69, 9.17) is 9.47 Å². The Bertz CT molecular complexity index is 1110. The van der Waals surface area contributed by atoms with Gasteiger partial charge in [-0.25, -0.2) is 0 Å². The molecule has 4 rings (SSSR count). The van der Waals surface area contributed by atoms with E-state index >= 15 is 0 Å². The minimum Gasteiger partial charge on any atom is -0.493 e. The zero-order valence-electron chi connectivity index (χ0n) is 17.7. The van der Waals surface area contributed by atoms with Crippen molar-refractivity contribution in [2.75, 3.05) is 19.1 Å². The monoisotopic (exact) mass is 445 g/mol. The molecule has 0 unspecified atom stereocenters. The molecule has 2 aromatic carbocycles. The van der Waals surface area contributed by atoms with Gasteiger partial charge in [-0.1, -0.05) is 24.3 Å². The fourth-order valence-electron chi connectivity index (χ4n) is 4.63. The number of amides is 1. The number of allylic oxidation sites excluding steroid dienone is 2. The largest absolute Gasteiger partial charge is 0.493 e. The number of ether oxygens (including phenoxy) is 2. The normalized spacial score (nSPS) is 19.2. The Morgan fingerprint density at radius 1 is 0.969 bits per heavy atom. The van der Waals surface area contributed by atoms with Crippen LogP contribution in [0.2, 0.25) is 0 Å². The fraction of sp³-hybridized carbons (Fsp3) is 0.333. The van der Waals surface area contributed by atoms with E-state index in [9.17, 15) is 22.8 Å². The fourth-order valence-corrected chi connectivity index (χ4v) is 4.63. The van der Waals surface area contributed by atoms with Gasteiger partial charge in [-0.05, 0) is 31.0 Å². The molecule has 1 aliphatic carbocycles. The summed E-state index contributed by atoms with van der Waals surface area (Å²) in [6.45, 7) is 0. The van der Waals surface area contributed by atoms with Crippen molar-refractivity contribution in [2.45, 2.75) is 37.8 Å². The number of methoxy groups -OCH3 is 2. The van der Waals surface area contributed by atoms with Gasteiger partial charge in [-0.15, -0.1) is 0 Å². The molecular weight excluding hydrogens is 423 g/mol. The van der Waals surface area contributed by atoms with Gasteiger partial charge >= 0.3 is 6.18 Å². The quantitative estimate of drug-likeness (QED) is 0.645. The molecule has 1 heterocycles. The summed E-state index contributed by atoms with van der Waals surface area (Å²) in [7, 11) is 2.95. The average molecular weight is 445 g/mol. The lowest BCUT2D eigenvalue weighted by Gasteiger charge is -2.39. The standard InChI is InChI=1S/C24H22F3NO4/c1-31-20-12-5-7-14(23(20)32-2)15-13-21(30)28(18-10-6-11-19(29)22(15)18)17-9-4-3-8-16(17)24(25,26)27/h3-5,7-9,12,15H,6,10-11,13H2,1-2H3/t15-/m0/s1. The van der Waals surface area contributed by atoms with Gasteiger partial charge in [0, 0.05) is 35.6 Å². The number of para-hydroxylation sites is 2. The first-order chi connectivity index (χ1) is 15.3. The first-order valence-corrected chi connectivity index (χ1v) is 10.2. The number of Topliss-reactive ketones (excluding diaryl/α,β-unsaturated/α-hetero) is 1. The predicted molar refractivity (Wildman–Crippen MR) is 112 cm³/mol. The van der Waals surface area contributed by atoms with Crippen LogP contribution in [0.15, 0.2) is 53.7 Å². The van der Waals surface area contributed by atoms with Crippen LogP contribution in [0.4, 0.5) is 18.9 Å². The zero-order valence-corrected chi connectivity index (χ0v) is 17.7. The maximum atomic E-state index is 13.7. The Balaban J connectivity index is 1.93. The third kappa shape index (κ3) is 3.63. The summed E-state index contributed by atoms with van der Waals surface area (Å²) in [6, 6.07) is 10.2. The first kappa shape index (κ1) is 21.9. The molecule has 0 spiro atoms. The molecule has 1 atom stereocenters. The van der Waals surface area contributed by atoms with Crippen molar-refractivity contribution >= 4 is 17.4 Å². The van der Waals surface area contributed by atoms with Crippen LogP contribution in [0.3, 0.4) is 0 Å².